The van der Waals surface area contributed by atoms with E-state index in [1.807, 2.05) is 6.66 Å². The molecule has 0 radical (unpaired) electrons. The maximum atomic E-state index is 10.9. The lowest BCUT2D eigenvalue weighted by Gasteiger charge is -2.54. The van der Waals surface area contributed by atoms with E-state index in [0.717, 1.165) is 5.90 Å². The molecule has 4 heteroatoms. The third-order valence-corrected chi connectivity index (χ3v) is 8.75. The molecule has 0 aliphatic carbocycles. The van der Waals surface area contributed by atoms with Crippen molar-refractivity contribution in [1.29, 1.82) is 0 Å². The highest BCUT2D eigenvalue weighted by molar-refractivity contribution is 8.04. The van der Waals surface area contributed by atoms with Crippen LogP contribution in [0.4, 0.5) is 0 Å². The molecule has 2 nitrogen and oxygen atoms in total. The smallest absolute Gasteiger partial charge is 0.000473 e. The van der Waals surface area contributed by atoms with Gasteiger partial charge in [0.1, 0.15) is 0 Å². The number of nitrogens with zero attached hydrogens (tertiary/aromatic N) is 1. The lowest BCUT2D eigenvalue weighted by Crippen LogP contribution is -1.98. The maximum absolute atomic E-state index is 10.9. The Balaban J connectivity index is 2.68. The fourth-order valence-corrected chi connectivity index (χ4v) is 9.11. The molecule has 0 aromatic rings. The Labute approximate surface area is 50.1 Å². The van der Waals surface area contributed by atoms with Crippen molar-refractivity contribution in [3.8, 4) is 0 Å². The summed E-state index contributed by atoms with van der Waals surface area (Å²) in [5, 5.41) is 0. The summed E-state index contributed by atoms with van der Waals surface area (Å²) >= 11 is 0. The Kier molecular flexibility index (Phi) is 1.24. The molecule has 1 saturated heterocycles. The highest BCUT2D eigenvalue weighted by Gasteiger charge is 2.19. The van der Waals surface area contributed by atoms with Crippen molar-refractivity contribution in [2.75, 3.05) is 19.2 Å². The number of hydrogen-bond acceptors (Lipinski definition) is 1. The van der Waals surface area contributed by atoms with Gasteiger partial charge in [-0.05, 0) is 12.6 Å². The third kappa shape index (κ3) is 1.25. The van der Waals surface area contributed by atoms with Crippen LogP contribution in [0.1, 0.15) is 0 Å². The van der Waals surface area contributed by atoms with Gasteiger partial charge in [-0.3, -0.25) is 0 Å². The summed E-state index contributed by atoms with van der Waals surface area (Å²) in [5.74, 6) is 0.792. The quantitative estimate of drug-likeness (QED) is 0.487. The van der Waals surface area contributed by atoms with E-state index in [9.17, 15) is 4.57 Å². The van der Waals surface area contributed by atoms with Crippen LogP contribution in [0.3, 0.4) is 0 Å². The van der Waals surface area contributed by atoms with Gasteiger partial charge in [0, 0.05) is 7.29 Å². The van der Waals surface area contributed by atoms with Crippen molar-refractivity contribution in [3.05, 3.63) is 4.86 Å². The van der Waals surface area contributed by atoms with Gasteiger partial charge in [-0.15, -0.1) is 6.30 Å². The van der Waals surface area contributed by atoms with Crippen LogP contribution in [0.2, 0.25) is 0 Å². The minimum Gasteiger partial charge on any atom is -0.576 e. The molecule has 0 aromatic heterocycles. The van der Waals surface area contributed by atoms with E-state index in [1.54, 1.807) is 6.66 Å². The zero-order valence-corrected chi connectivity index (χ0v) is 6.95. The molecule has 0 spiro atoms. The molecule has 48 valence electrons. The van der Waals surface area contributed by atoms with E-state index in [1.165, 1.54) is 0 Å². The normalized spacial score (nSPS) is 55.2. The van der Waals surface area contributed by atoms with Gasteiger partial charge in [-0.1, -0.05) is 6.66 Å². The Morgan fingerprint density at radius 2 is 2.00 bits per heavy atom. The fraction of sp³-hybridized carbons (Fsp3) is 0.750. The molecule has 0 amide bonds. The summed E-state index contributed by atoms with van der Waals surface area (Å²) in [7, 11) is -3.20. The fourth-order valence-electron chi connectivity index (χ4n) is 1.01. The van der Waals surface area contributed by atoms with Gasteiger partial charge < -0.3 is 9.42 Å². The highest BCUT2D eigenvalue weighted by atomic mass is 31.3. The third-order valence-electron chi connectivity index (χ3n) is 0.972. The molecule has 0 aromatic carbocycles. The van der Waals surface area contributed by atoms with Crippen LogP contribution < -0.4 is 0 Å². The average Bonchev–Trinajstić information content (AvgIpc) is 1.20. The van der Waals surface area contributed by atoms with Crippen molar-refractivity contribution < 1.29 is 4.57 Å². The van der Waals surface area contributed by atoms with Gasteiger partial charge in [0.25, 0.3) is 0 Å². The molecular formula is C4H10NOP2-. The highest BCUT2D eigenvalue weighted by Crippen LogP contribution is 2.82. The van der Waals surface area contributed by atoms with Crippen molar-refractivity contribution in [2.45, 2.75) is 0 Å². The molecule has 2 unspecified atom stereocenters. The molecule has 1 heterocycles. The second-order valence-corrected chi connectivity index (χ2v) is 9.25. The number of rotatable bonds is 0. The first-order valence-corrected chi connectivity index (χ1v) is 7.28. The van der Waals surface area contributed by atoms with Crippen molar-refractivity contribution in [3.63, 3.8) is 0 Å². The second kappa shape index (κ2) is 1.50. The topological polar surface area (TPSA) is 31.2 Å². The van der Waals surface area contributed by atoms with E-state index in [4.69, 9.17) is 0 Å². The van der Waals surface area contributed by atoms with Crippen LogP contribution in [-0.4, -0.2) is 25.5 Å². The first-order valence-electron chi connectivity index (χ1n) is 2.43. The molecule has 2 atom stereocenters. The molecule has 8 heavy (non-hydrogen) atoms. The summed E-state index contributed by atoms with van der Waals surface area (Å²) in [5.41, 5.74) is 0. The van der Waals surface area contributed by atoms with Crippen molar-refractivity contribution in [2.24, 2.45) is 0 Å². The summed E-state index contributed by atoms with van der Waals surface area (Å²) in [4.78, 5) is 4.04. The van der Waals surface area contributed by atoms with Gasteiger partial charge in [0.2, 0.25) is 0 Å². The molecule has 0 N–H and O–H groups in total. The van der Waals surface area contributed by atoms with Crippen LogP contribution in [0.5, 0.6) is 0 Å². The summed E-state index contributed by atoms with van der Waals surface area (Å²) in [6.45, 7) is 3.73. The largest absolute Gasteiger partial charge is 0.576 e. The monoisotopic (exact) mass is 150 g/mol. The lowest BCUT2D eigenvalue weighted by molar-refractivity contribution is 0.585. The zero-order chi connectivity index (χ0) is 6.41. The van der Waals surface area contributed by atoms with E-state index in [2.05, 4.69) is 11.2 Å². The van der Waals surface area contributed by atoms with Crippen LogP contribution >= 0.6 is 14.3 Å². The molecule has 0 bridgehead atoms. The van der Waals surface area contributed by atoms with E-state index in [-0.39, 0.29) is 0 Å². The first kappa shape index (κ1) is 6.61. The lowest BCUT2D eigenvalue weighted by atomic mass is 11.8. The number of hydrogen-bond donors (Lipinski definition) is 0. The Hall–Kier alpha value is 0.490. The first-order chi connectivity index (χ1) is 3.41. The predicted molar refractivity (Wildman–Crippen MR) is 41.7 cm³/mol. The standard InChI is InChI=1S/C4H10NOP2/c1-7(2)4-8(3,6)5-7/h1,4H2,2-3H3/q-1. The minimum atomic E-state index is -1.98. The Bertz CT molecular complexity index is 164. The molecule has 1 aliphatic heterocycles. The van der Waals surface area contributed by atoms with Crippen LogP contribution in [0, 0.1) is 0 Å². The summed E-state index contributed by atoms with van der Waals surface area (Å²) in [6, 6.07) is 0. The maximum Gasteiger partial charge on any atom is 0.000473 e. The van der Waals surface area contributed by atoms with Gasteiger partial charge in [0.15, 0.2) is 0 Å². The van der Waals surface area contributed by atoms with E-state index < -0.39 is 14.3 Å². The molecule has 1 aliphatic rings. The van der Waals surface area contributed by atoms with Crippen molar-refractivity contribution in [1.82, 2.24) is 0 Å². The molecule has 1 rings (SSSR count). The Morgan fingerprint density at radius 3 is 2.00 bits per heavy atom. The van der Waals surface area contributed by atoms with Crippen LogP contribution in [0.15, 0.2) is 0 Å². The van der Waals surface area contributed by atoms with Crippen LogP contribution in [-0.2, 0) is 4.57 Å². The van der Waals surface area contributed by atoms with Crippen molar-refractivity contribution >= 4 is 20.6 Å². The van der Waals surface area contributed by atoms with E-state index in [0.29, 0.717) is 0 Å². The van der Waals surface area contributed by atoms with Gasteiger partial charge in [-0.2, -0.15) is 0 Å². The second-order valence-electron chi connectivity index (χ2n) is 2.62. The van der Waals surface area contributed by atoms with Crippen LogP contribution in [0.25, 0.3) is 4.86 Å². The average molecular weight is 150 g/mol. The van der Waals surface area contributed by atoms with Gasteiger partial charge >= 0.3 is 0 Å². The molecular weight excluding hydrogens is 140 g/mol. The zero-order valence-electron chi connectivity index (χ0n) is 5.16. The summed E-state index contributed by atoms with van der Waals surface area (Å²) in [6.07, 6.45) is 3.84. The van der Waals surface area contributed by atoms with Gasteiger partial charge in [0.05, 0.1) is 0 Å². The molecule has 0 saturated carbocycles. The minimum absolute atomic E-state index is 0.792. The van der Waals surface area contributed by atoms with E-state index >= 15 is 0 Å². The Morgan fingerprint density at radius 1 is 1.62 bits per heavy atom. The SMILES string of the molecule is C=P1(C)CP(C)(=O)[N-]1. The predicted octanol–water partition coefficient (Wildman–Crippen LogP) is 2.23. The molecule has 1 fully saturated rings. The summed E-state index contributed by atoms with van der Waals surface area (Å²) < 4.78 is 10.9. The van der Waals surface area contributed by atoms with Gasteiger partial charge in [-0.25, -0.2) is 7.04 Å².